The van der Waals surface area contributed by atoms with E-state index in [1.54, 1.807) is 38.5 Å². The van der Waals surface area contributed by atoms with Gasteiger partial charge in [-0.05, 0) is 24.6 Å². The van der Waals surface area contributed by atoms with Gasteiger partial charge in [-0.1, -0.05) is 6.07 Å². The van der Waals surface area contributed by atoms with Crippen molar-refractivity contribution in [1.29, 1.82) is 5.26 Å². The van der Waals surface area contributed by atoms with Crippen LogP contribution in [0, 0.1) is 18.3 Å². The van der Waals surface area contributed by atoms with Gasteiger partial charge in [0.05, 0.1) is 37.2 Å². The summed E-state index contributed by atoms with van der Waals surface area (Å²) < 4.78 is 10.5. The van der Waals surface area contributed by atoms with Crippen LogP contribution in [0.5, 0.6) is 11.5 Å². The number of nitrogens with two attached hydrogens (primary N) is 1. The zero-order valence-electron chi connectivity index (χ0n) is 12.2. The van der Waals surface area contributed by atoms with E-state index in [0.29, 0.717) is 28.4 Å². The van der Waals surface area contributed by atoms with Crippen LogP contribution in [0.3, 0.4) is 0 Å². The summed E-state index contributed by atoms with van der Waals surface area (Å²) in [5, 5.41) is 12.2. The summed E-state index contributed by atoms with van der Waals surface area (Å²) in [5.74, 6) is 1.16. The minimum Gasteiger partial charge on any atom is -0.493 e. The van der Waals surface area contributed by atoms with Crippen molar-refractivity contribution in [1.82, 2.24) is 0 Å². The average molecular weight is 283 g/mol. The molecule has 0 atom stereocenters. The number of nitrogen functional groups attached to an aromatic ring is 1. The maximum absolute atomic E-state index is 8.99. The van der Waals surface area contributed by atoms with Gasteiger partial charge in [0, 0.05) is 17.8 Å². The predicted octanol–water partition coefficient (Wildman–Crippen LogP) is 3.21. The maximum Gasteiger partial charge on any atom is 0.162 e. The lowest BCUT2D eigenvalue weighted by molar-refractivity contribution is 0.355. The first-order valence-electron chi connectivity index (χ1n) is 6.38. The lowest BCUT2D eigenvalue weighted by Gasteiger charge is -2.15. The summed E-state index contributed by atoms with van der Waals surface area (Å²) in [6.45, 7) is 1.96. The number of hydrogen-bond donors (Lipinski definition) is 2. The van der Waals surface area contributed by atoms with Gasteiger partial charge in [-0.15, -0.1) is 0 Å². The lowest BCUT2D eigenvalue weighted by atomic mass is 10.1. The van der Waals surface area contributed by atoms with Crippen LogP contribution < -0.4 is 20.5 Å². The molecule has 0 spiro atoms. The Morgan fingerprint density at radius 2 is 1.71 bits per heavy atom. The fourth-order valence-electron chi connectivity index (χ4n) is 1.97. The summed E-state index contributed by atoms with van der Waals surface area (Å²) in [7, 11) is 3.13. The van der Waals surface area contributed by atoms with Crippen molar-refractivity contribution in [3.63, 3.8) is 0 Å². The van der Waals surface area contributed by atoms with E-state index in [0.717, 1.165) is 11.3 Å². The molecule has 0 bridgehead atoms. The third kappa shape index (κ3) is 3.00. The first kappa shape index (κ1) is 14.5. The normalized spacial score (nSPS) is 9.81. The molecule has 2 rings (SSSR count). The highest BCUT2D eigenvalue weighted by atomic mass is 16.5. The minimum absolute atomic E-state index is 0.536. The Bertz CT molecular complexity index is 705. The van der Waals surface area contributed by atoms with Gasteiger partial charge in [0.1, 0.15) is 0 Å². The van der Waals surface area contributed by atoms with Crippen LogP contribution in [0.2, 0.25) is 0 Å². The Balaban J connectivity index is 2.42. The monoisotopic (exact) mass is 283 g/mol. The first-order chi connectivity index (χ1) is 10.1. The molecule has 0 saturated carbocycles. The number of ether oxygens (including phenoxy) is 2. The van der Waals surface area contributed by atoms with Crippen LogP contribution in [0.15, 0.2) is 30.3 Å². The molecule has 3 N–H and O–H groups in total. The van der Waals surface area contributed by atoms with Gasteiger partial charge in [-0.25, -0.2) is 0 Å². The highest BCUT2D eigenvalue weighted by Gasteiger charge is 2.10. The molecule has 5 nitrogen and oxygen atoms in total. The van der Waals surface area contributed by atoms with Crippen LogP contribution in [0.4, 0.5) is 17.1 Å². The fraction of sp³-hybridized carbons (Fsp3) is 0.188. The SMILES string of the molecule is COc1cc(N)c(Nc2cc(C#N)ccc2C)cc1OC. The number of nitrogens with one attached hydrogen (secondary N) is 1. The van der Waals surface area contributed by atoms with Gasteiger partial charge in [0.25, 0.3) is 0 Å². The molecule has 0 aliphatic carbocycles. The molecular weight excluding hydrogens is 266 g/mol. The number of benzene rings is 2. The molecule has 0 saturated heterocycles. The van der Waals surface area contributed by atoms with Gasteiger partial charge >= 0.3 is 0 Å². The Hall–Kier alpha value is -2.87. The molecule has 0 fully saturated rings. The highest BCUT2D eigenvalue weighted by Crippen LogP contribution is 2.36. The Labute approximate surface area is 123 Å². The number of rotatable bonds is 4. The summed E-state index contributed by atoms with van der Waals surface area (Å²) >= 11 is 0. The Morgan fingerprint density at radius 3 is 2.33 bits per heavy atom. The lowest BCUT2D eigenvalue weighted by Crippen LogP contribution is -2.00. The molecule has 0 heterocycles. The molecule has 0 amide bonds. The summed E-state index contributed by atoms with van der Waals surface area (Å²) in [4.78, 5) is 0. The third-order valence-corrected chi connectivity index (χ3v) is 3.19. The molecule has 108 valence electrons. The summed E-state index contributed by atoms with van der Waals surface area (Å²) in [6.07, 6.45) is 0. The van der Waals surface area contributed by atoms with Gasteiger partial charge in [-0.2, -0.15) is 5.26 Å². The van der Waals surface area contributed by atoms with E-state index in [4.69, 9.17) is 20.5 Å². The number of nitrogens with zero attached hydrogens (tertiary/aromatic N) is 1. The smallest absolute Gasteiger partial charge is 0.162 e. The molecule has 5 heteroatoms. The molecule has 2 aromatic rings. The largest absolute Gasteiger partial charge is 0.493 e. The third-order valence-electron chi connectivity index (χ3n) is 3.19. The fourth-order valence-corrected chi connectivity index (χ4v) is 1.97. The minimum atomic E-state index is 0.536. The number of anilines is 3. The average Bonchev–Trinajstić information content (AvgIpc) is 2.50. The van der Waals surface area contributed by atoms with E-state index in [9.17, 15) is 0 Å². The number of hydrogen-bond acceptors (Lipinski definition) is 5. The second-order valence-corrected chi connectivity index (χ2v) is 4.56. The van der Waals surface area contributed by atoms with E-state index >= 15 is 0 Å². The van der Waals surface area contributed by atoms with Crippen molar-refractivity contribution in [2.45, 2.75) is 6.92 Å². The zero-order valence-corrected chi connectivity index (χ0v) is 12.2. The van der Waals surface area contributed by atoms with E-state index in [1.165, 1.54) is 0 Å². The van der Waals surface area contributed by atoms with E-state index in [-0.39, 0.29) is 0 Å². The molecular formula is C16H17N3O2. The predicted molar refractivity (Wildman–Crippen MR) is 83.1 cm³/mol. The maximum atomic E-state index is 8.99. The van der Waals surface area contributed by atoms with Crippen LogP contribution in [0.25, 0.3) is 0 Å². The van der Waals surface area contributed by atoms with Crippen molar-refractivity contribution < 1.29 is 9.47 Å². The Morgan fingerprint density at radius 1 is 1.05 bits per heavy atom. The summed E-state index contributed by atoms with van der Waals surface area (Å²) in [5.41, 5.74) is 9.69. The van der Waals surface area contributed by atoms with Gasteiger partial charge in [-0.3, -0.25) is 0 Å². The van der Waals surface area contributed by atoms with Crippen molar-refractivity contribution in [3.8, 4) is 17.6 Å². The zero-order chi connectivity index (χ0) is 15.4. The number of aryl methyl sites for hydroxylation is 1. The van der Waals surface area contributed by atoms with E-state index in [1.807, 2.05) is 13.0 Å². The van der Waals surface area contributed by atoms with Crippen molar-refractivity contribution in [3.05, 3.63) is 41.5 Å². The highest BCUT2D eigenvalue weighted by molar-refractivity contribution is 5.78. The van der Waals surface area contributed by atoms with Gasteiger partial charge in [0.2, 0.25) is 0 Å². The van der Waals surface area contributed by atoms with Crippen molar-refractivity contribution >= 4 is 17.1 Å². The van der Waals surface area contributed by atoms with Crippen LogP contribution in [0.1, 0.15) is 11.1 Å². The first-order valence-corrected chi connectivity index (χ1v) is 6.38. The number of nitriles is 1. The molecule has 0 aliphatic heterocycles. The number of methoxy groups -OCH3 is 2. The van der Waals surface area contributed by atoms with Crippen molar-refractivity contribution in [2.24, 2.45) is 0 Å². The molecule has 0 unspecified atom stereocenters. The standard InChI is InChI=1S/C16H17N3O2/c1-10-4-5-11(9-17)6-13(10)19-14-8-16(21-3)15(20-2)7-12(14)18/h4-8,19H,18H2,1-3H3. The van der Waals surface area contributed by atoms with E-state index < -0.39 is 0 Å². The topological polar surface area (TPSA) is 80.3 Å². The van der Waals surface area contributed by atoms with E-state index in [2.05, 4.69) is 11.4 Å². The molecule has 2 aromatic carbocycles. The molecule has 0 radical (unpaired) electrons. The van der Waals surface area contributed by atoms with Crippen molar-refractivity contribution in [2.75, 3.05) is 25.3 Å². The molecule has 21 heavy (non-hydrogen) atoms. The van der Waals surface area contributed by atoms with Gasteiger partial charge < -0.3 is 20.5 Å². The second-order valence-electron chi connectivity index (χ2n) is 4.56. The van der Waals surface area contributed by atoms with Crippen LogP contribution in [-0.4, -0.2) is 14.2 Å². The molecule has 0 aliphatic rings. The quantitative estimate of drug-likeness (QED) is 0.842. The van der Waals surface area contributed by atoms with Crippen LogP contribution in [-0.2, 0) is 0 Å². The summed E-state index contributed by atoms with van der Waals surface area (Å²) in [6, 6.07) is 11.0. The van der Waals surface area contributed by atoms with Gasteiger partial charge in [0.15, 0.2) is 11.5 Å². The second kappa shape index (κ2) is 6.06. The van der Waals surface area contributed by atoms with Crippen LogP contribution >= 0.6 is 0 Å². The molecule has 0 aromatic heterocycles. The Kier molecular flexibility index (Phi) is 4.19.